The third kappa shape index (κ3) is 3.38. The average Bonchev–Trinajstić information content (AvgIpc) is 3.20. The molecule has 2 amide bonds. The molecule has 6 nitrogen and oxygen atoms in total. The average molecular weight is 428 g/mol. The largest absolute Gasteiger partial charge is 0.497 e. The van der Waals surface area contributed by atoms with Crippen molar-refractivity contribution in [2.45, 2.75) is 6.92 Å². The first-order chi connectivity index (χ1) is 15.6. The van der Waals surface area contributed by atoms with Gasteiger partial charge in [0.15, 0.2) is 5.76 Å². The number of aryl methyl sites for hydroxylation is 1. The van der Waals surface area contributed by atoms with E-state index in [1.165, 1.54) is 0 Å². The first kappa shape index (κ1) is 20.1. The number of ether oxygens (including phenoxy) is 1. The number of hydrogen-bond acceptors (Lipinski definition) is 4. The topological polar surface area (TPSA) is 63.0 Å². The maximum absolute atomic E-state index is 13.3. The number of methoxy groups -OCH3 is 1. The lowest BCUT2D eigenvalue weighted by atomic mass is 10.1. The summed E-state index contributed by atoms with van der Waals surface area (Å²) in [5.74, 6) is 0.847. The van der Waals surface area contributed by atoms with Crippen LogP contribution in [-0.2, 0) is 0 Å². The monoisotopic (exact) mass is 428 g/mol. The summed E-state index contributed by atoms with van der Waals surface area (Å²) in [6, 6.07) is 19.2. The Morgan fingerprint density at radius 3 is 2.31 bits per heavy atom. The minimum absolute atomic E-state index is 0.0533. The maximum atomic E-state index is 13.3. The molecule has 0 saturated carbocycles. The van der Waals surface area contributed by atoms with E-state index < -0.39 is 0 Å². The van der Waals surface area contributed by atoms with E-state index in [0.29, 0.717) is 43.3 Å². The number of benzene rings is 3. The van der Waals surface area contributed by atoms with Crippen LogP contribution in [0.3, 0.4) is 0 Å². The Kier molecular flexibility index (Phi) is 5.05. The summed E-state index contributed by atoms with van der Waals surface area (Å²) in [6.07, 6.45) is 0. The molecular weight excluding hydrogens is 404 g/mol. The van der Waals surface area contributed by atoms with Gasteiger partial charge < -0.3 is 19.0 Å². The quantitative estimate of drug-likeness (QED) is 0.482. The smallest absolute Gasteiger partial charge is 0.290 e. The van der Waals surface area contributed by atoms with Gasteiger partial charge in [-0.3, -0.25) is 9.59 Å². The van der Waals surface area contributed by atoms with Crippen LogP contribution in [0.4, 0.5) is 0 Å². The summed E-state index contributed by atoms with van der Waals surface area (Å²) < 4.78 is 11.3. The molecule has 0 atom stereocenters. The number of nitrogens with zero attached hydrogens (tertiary/aromatic N) is 2. The maximum Gasteiger partial charge on any atom is 0.290 e. The molecule has 0 N–H and O–H groups in total. The van der Waals surface area contributed by atoms with Crippen molar-refractivity contribution in [3.63, 3.8) is 0 Å². The van der Waals surface area contributed by atoms with Gasteiger partial charge in [-0.15, -0.1) is 0 Å². The molecule has 6 heteroatoms. The molecule has 1 aliphatic heterocycles. The van der Waals surface area contributed by atoms with Gasteiger partial charge in [0.1, 0.15) is 11.3 Å². The Labute approximate surface area is 186 Å². The third-order valence-corrected chi connectivity index (χ3v) is 6.19. The highest BCUT2D eigenvalue weighted by Crippen LogP contribution is 2.32. The first-order valence-corrected chi connectivity index (χ1v) is 10.7. The summed E-state index contributed by atoms with van der Waals surface area (Å²) in [4.78, 5) is 29.7. The molecule has 3 aromatic carbocycles. The molecular formula is C26H24N2O4. The third-order valence-electron chi connectivity index (χ3n) is 6.19. The zero-order valence-corrected chi connectivity index (χ0v) is 18.1. The minimum atomic E-state index is -0.128. The molecule has 1 aliphatic rings. The first-order valence-electron chi connectivity index (χ1n) is 10.7. The van der Waals surface area contributed by atoms with Crippen molar-refractivity contribution >= 4 is 33.6 Å². The summed E-state index contributed by atoms with van der Waals surface area (Å²) in [5.41, 5.74) is 2.19. The fraction of sp³-hybridized carbons (Fsp3) is 0.231. The van der Waals surface area contributed by atoms with Crippen LogP contribution >= 0.6 is 0 Å². The van der Waals surface area contributed by atoms with E-state index >= 15 is 0 Å². The highest BCUT2D eigenvalue weighted by atomic mass is 16.5. The van der Waals surface area contributed by atoms with E-state index in [2.05, 4.69) is 6.07 Å². The fourth-order valence-electron chi connectivity index (χ4n) is 4.35. The van der Waals surface area contributed by atoms with E-state index in [4.69, 9.17) is 9.15 Å². The van der Waals surface area contributed by atoms with Crippen LogP contribution in [0.2, 0.25) is 0 Å². The second-order valence-corrected chi connectivity index (χ2v) is 8.04. The number of carbonyl (C=O) groups excluding carboxylic acids is 2. The molecule has 162 valence electrons. The Morgan fingerprint density at radius 2 is 1.56 bits per heavy atom. The van der Waals surface area contributed by atoms with Crippen molar-refractivity contribution in [3.8, 4) is 5.75 Å². The predicted molar refractivity (Wildman–Crippen MR) is 123 cm³/mol. The van der Waals surface area contributed by atoms with E-state index in [-0.39, 0.29) is 11.8 Å². The van der Waals surface area contributed by atoms with Gasteiger partial charge in [0.2, 0.25) is 0 Å². The van der Waals surface area contributed by atoms with Crippen molar-refractivity contribution in [2.75, 3.05) is 33.3 Å². The highest BCUT2D eigenvalue weighted by Gasteiger charge is 2.29. The van der Waals surface area contributed by atoms with Crippen molar-refractivity contribution in [1.29, 1.82) is 0 Å². The standard InChI is InChI=1S/C26H24N2O4/c1-17-21-11-10-18-6-3-4-9-22(18)24(21)32-23(17)26(30)28-14-12-27(13-15-28)25(29)19-7-5-8-20(16-19)31-2/h3-11,16H,12-15H2,1-2H3. The molecule has 0 aliphatic carbocycles. The Balaban J connectivity index is 1.34. The van der Waals surface area contributed by atoms with Gasteiger partial charge in [0, 0.05) is 48.1 Å². The number of piperazine rings is 1. The van der Waals surface area contributed by atoms with Gasteiger partial charge >= 0.3 is 0 Å². The van der Waals surface area contributed by atoms with Crippen LogP contribution in [-0.4, -0.2) is 54.9 Å². The van der Waals surface area contributed by atoms with Crippen LogP contribution in [0, 0.1) is 6.92 Å². The summed E-state index contributed by atoms with van der Waals surface area (Å²) in [7, 11) is 1.58. The summed E-state index contributed by atoms with van der Waals surface area (Å²) in [5, 5.41) is 3.04. The predicted octanol–water partition coefficient (Wildman–Crippen LogP) is 4.50. The number of amides is 2. The molecule has 0 unspecified atom stereocenters. The summed E-state index contributed by atoms with van der Waals surface area (Å²) in [6.45, 7) is 3.81. The van der Waals surface area contributed by atoms with Crippen molar-refractivity contribution in [3.05, 3.63) is 77.6 Å². The Bertz CT molecular complexity index is 1330. The molecule has 1 fully saturated rings. The second kappa shape index (κ2) is 8.04. The lowest BCUT2D eigenvalue weighted by molar-refractivity contribution is 0.0519. The Hall–Kier alpha value is -3.80. The van der Waals surface area contributed by atoms with Gasteiger partial charge in [-0.25, -0.2) is 0 Å². The van der Waals surface area contributed by atoms with E-state index in [9.17, 15) is 9.59 Å². The zero-order valence-electron chi connectivity index (χ0n) is 18.1. The van der Waals surface area contributed by atoms with Crippen LogP contribution in [0.15, 0.2) is 65.1 Å². The zero-order chi connectivity index (χ0) is 22.2. The number of carbonyl (C=O) groups is 2. The Morgan fingerprint density at radius 1 is 0.844 bits per heavy atom. The van der Waals surface area contributed by atoms with Crippen LogP contribution < -0.4 is 4.74 Å². The van der Waals surface area contributed by atoms with E-state index in [0.717, 1.165) is 27.3 Å². The molecule has 4 aromatic rings. The lowest BCUT2D eigenvalue weighted by Crippen LogP contribution is -2.50. The number of rotatable bonds is 3. The van der Waals surface area contributed by atoms with Crippen molar-refractivity contribution in [1.82, 2.24) is 9.80 Å². The minimum Gasteiger partial charge on any atom is -0.497 e. The molecule has 0 bridgehead atoms. The number of fused-ring (bicyclic) bond motifs is 3. The van der Waals surface area contributed by atoms with Crippen molar-refractivity contribution < 1.29 is 18.7 Å². The lowest BCUT2D eigenvalue weighted by Gasteiger charge is -2.34. The van der Waals surface area contributed by atoms with Gasteiger partial charge in [0.05, 0.1) is 7.11 Å². The van der Waals surface area contributed by atoms with Gasteiger partial charge in [-0.2, -0.15) is 0 Å². The number of hydrogen-bond donors (Lipinski definition) is 0. The van der Waals surface area contributed by atoms with Crippen LogP contribution in [0.1, 0.15) is 26.5 Å². The molecule has 2 heterocycles. The van der Waals surface area contributed by atoms with Crippen LogP contribution in [0.25, 0.3) is 21.7 Å². The van der Waals surface area contributed by atoms with Gasteiger partial charge in [-0.1, -0.05) is 42.5 Å². The summed E-state index contributed by atoms with van der Waals surface area (Å²) >= 11 is 0. The highest BCUT2D eigenvalue weighted by molar-refractivity contribution is 6.09. The molecule has 0 spiro atoms. The molecule has 0 radical (unpaired) electrons. The molecule has 1 aromatic heterocycles. The van der Waals surface area contributed by atoms with Crippen LogP contribution in [0.5, 0.6) is 5.75 Å². The molecule has 1 saturated heterocycles. The number of furan rings is 1. The van der Waals surface area contributed by atoms with E-state index in [1.807, 2.05) is 43.3 Å². The molecule has 32 heavy (non-hydrogen) atoms. The van der Waals surface area contributed by atoms with Gasteiger partial charge in [-0.05, 0) is 30.5 Å². The van der Waals surface area contributed by atoms with Gasteiger partial charge in [0.25, 0.3) is 11.8 Å². The molecule has 5 rings (SSSR count). The van der Waals surface area contributed by atoms with Crippen molar-refractivity contribution in [2.24, 2.45) is 0 Å². The van der Waals surface area contributed by atoms with E-state index in [1.54, 1.807) is 35.1 Å². The normalized spacial score (nSPS) is 14.2. The SMILES string of the molecule is COc1cccc(C(=O)N2CCN(C(=O)c3oc4c(ccc5ccccc54)c3C)CC2)c1. The fourth-order valence-corrected chi connectivity index (χ4v) is 4.35. The second-order valence-electron chi connectivity index (χ2n) is 8.04.